The van der Waals surface area contributed by atoms with Gasteiger partial charge in [-0.05, 0) is 24.1 Å². The molecular formula is C20H23ClF2N4O2. The maximum Gasteiger partial charge on any atom is 0.255 e. The Balaban J connectivity index is 0.00000300. The van der Waals surface area contributed by atoms with Crippen LogP contribution in [-0.2, 0) is 13.5 Å². The average molecular weight is 425 g/mol. The van der Waals surface area contributed by atoms with Crippen molar-refractivity contribution in [2.75, 3.05) is 11.9 Å². The first-order valence-electron chi connectivity index (χ1n) is 9.10. The molecule has 0 spiro atoms. The largest absolute Gasteiger partial charge is 0.394 e. The van der Waals surface area contributed by atoms with Crippen LogP contribution in [0.25, 0.3) is 11.0 Å². The van der Waals surface area contributed by atoms with E-state index in [9.17, 15) is 18.7 Å². The molecule has 6 nitrogen and oxygen atoms in total. The van der Waals surface area contributed by atoms with E-state index in [4.69, 9.17) is 0 Å². The summed E-state index contributed by atoms with van der Waals surface area (Å²) in [5.41, 5.74) is 0.721. The standard InChI is InChI=1S/C20H22F2N4O2.ClH/c1-3-4-16(11-27)24-20-23-10-14-8-13(19(28)26(2)18(14)25-20)7-12-5-6-15(21)9-17(12)22;/h5-6,8-10,16,27H,3-4,7,11H2,1-2H3,(H,23,24,25);1H. The molecule has 0 saturated carbocycles. The molecule has 3 rings (SSSR count). The van der Waals surface area contributed by atoms with Crippen molar-refractivity contribution < 1.29 is 13.9 Å². The van der Waals surface area contributed by atoms with Gasteiger partial charge in [-0.1, -0.05) is 19.4 Å². The maximum absolute atomic E-state index is 14.0. The van der Waals surface area contributed by atoms with Gasteiger partial charge in [-0.15, -0.1) is 12.4 Å². The van der Waals surface area contributed by atoms with Crippen LogP contribution in [0.2, 0.25) is 0 Å². The number of aliphatic hydroxyl groups is 1. The summed E-state index contributed by atoms with van der Waals surface area (Å²) in [6, 6.07) is 4.76. The summed E-state index contributed by atoms with van der Waals surface area (Å²) < 4.78 is 28.4. The number of rotatable bonds is 7. The minimum absolute atomic E-state index is 0. The first-order valence-corrected chi connectivity index (χ1v) is 9.10. The number of nitrogens with one attached hydrogen (secondary N) is 1. The predicted octanol–water partition coefficient (Wildman–Crippen LogP) is 3.19. The molecule has 1 atom stereocenters. The second-order valence-corrected chi connectivity index (χ2v) is 6.73. The smallest absolute Gasteiger partial charge is 0.255 e. The zero-order chi connectivity index (χ0) is 20.3. The number of halogens is 3. The fourth-order valence-corrected chi connectivity index (χ4v) is 3.12. The lowest BCUT2D eigenvalue weighted by Gasteiger charge is -2.16. The summed E-state index contributed by atoms with van der Waals surface area (Å²) in [7, 11) is 1.58. The molecule has 0 bridgehead atoms. The number of benzene rings is 1. The first-order chi connectivity index (χ1) is 13.4. The normalized spacial score (nSPS) is 11.9. The van der Waals surface area contributed by atoms with Gasteiger partial charge in [-0.2, -0.15) is 4.98 Å². The average Bonchev–Trinajstić information content (AvgIpc) is 2.68. The van der Waals surface area contributed by atoms with Crippen LogP contribution in [-0.4, -0.2) is 32.3 Å². The monoisotopic (exact) mass is 424 g/mol. The highest BCUT2D eigenvalue weighted by Crippen LogP contribution is 2.17. The summed E-state index contributed by atoms with van der Waals surface area (Å²) in [6.45, 7) is 1.97. The molecule has 2 N–H and O–H groups in total. The number of hydrogen-bond donors (Lipinski definition) is 2. The van der Waals surface area contributed by atoms with Crippen molar-refractivity contribution in [3.8, 4) is 0 Å². The Kier molecular flexibility index (Phi) is 7.64. The van der Waals surface area contributed by atoms with Crippen molar-refractivity contribution in [1.29, 1.82) is 0 Å². The number of aromatic nitrogens is 3. The van der Waals surface area contributed by atoms with Gasteiger partial charge in [0.2, 0.25) is 5.95 Å². The van der Waals surface area contributed by atoms with Crippen molar-refractivity contribution in [3.05, 3.63) is 63.6 Å². The lowest BCUT2D eigenvalue weighted by atomic mass is 10.0. The topological polar surface area (TPSA) is 80.0 Å². The van der Waals surface area contributed by atoms with Crippen LogP contribution in [0, 0.1) is 11.6 Å². The van der Waals surface area contributed by atoms with E-state index < -0.39 is 11.6 Å². The van der Waals surface area contributed by atoms with Gasteiger partial charge >= 0.3 is 0 Å². The Labute approximate surface area is 173 Å². The van der Waals surface area contributed by atoms with Gasteiger partial charge in [0, 0.05) is 36.7 Å². The number of pyridine rings is 1. The highest BCUT2D eigenvalue weighted by molar-refractivity contribution is 5.85. The van der Waals surface area contributed by atoms with Gasteiger partial charge in [-0.25, -0.2) is 13.8 Å². The Hall–Kier alpha value is -2.58. The minimum Gasteiger partial charge on any atom is -0.394 e. The fourth-order valence-electron chi connectivity index (χ4n) is 3.12. The number of anilines is 1. The molecule has 1 unspecified atom stereocenters. The van der Waals surface area contributed by atoms with Gasteiger partial charge in [-0.3, -0.25) is 9.36 Å². The van der Waals surface area contributed by atoms with Crippen molar-refractivity contribution in [2.45, 2.75) is 32.2 Å². The lowest BCUT2D eigenvalue weighted by Crippen LogP contribution is -2.26. The van der Waals surface area contributed by atoms with E-state index in [-0.39, 0.29) is 42.6 Å². The molecule has 3 aromatic rings. The Morgan fingerprint density at radius 2 is 2.00 bits per heavy atom. The highest BCUT2D eigenvalue weighted by Gasteiger charge is 2.14. The molecule has 0 saturated heterocycles. The van der Waals surface area contributed by atoms with E-state index in [1.807, 2.05) is 6.92 Å². The van der Waals surface area contributed by atoms with Gasteiger partial charge in [0.05, 0.1) is 12.6 Å². The number of aryl methyl sites for hydroxylation is 1. The summed E-state index contributed by atoms with van der Waals surface area (Å²) in [5, 5.41) is 13.1. The number of hydrogen-bond acceptors (Lipinski definition) is 5. The molecule has 1 aromatic carbocycles. The van der Waals surface area contributed by atoms with E-state index >= 15 is 0 Å². The molecule has 2 aromatic heterocycles. The fraction of sp³-hybridized carbons (Fsp3) is 0.350. The second-order valence-electron chi connectivity index (χ2n) is 6.73. The molecular weight excluding hydrogens is 402 g/mol. The van der Waals surface area contributed by atoms with Crippen molar-refractivity contribution >= 4 is 29.4 Å². The highest BCUT2D eigenvalue weighted by atomic mass is 35.5. The summed E-state index contributed by atoms with van der Waals surface area (Å²) >= 11 is 0. The Morgan fingerprint density at radius 1 is 1.24 bits per heavy atom. The number of aliphatic hydroxyl groups excluding tert-OH is 1. The van der Waals surface area contributed by atoms with Crippen LogP contribution in [0.3, 0.4) is 0 Å². The molecule has 29 heavy (non-hydrogen) atoms. The molecule has 156 valence electrons. The predicted molar refractivity (Wildman–Crippen MR) is 111 cm³/mol. The van der Waals surface area contributed by atoms with E-state index in [1.165, 1.54) is 16.7 Å². The van der Waals surface area contributed by atoms with Crippen LogP contribution >= 0.6 is 12.4 Å². The zero-order valence-electron chi connectivity index (χ0n) is 16.2. The molecule has 0 aliphatic rings. The van der Waals surface area contributed by atoms with Gasteiger partial charge < -0.3 is 10.4 Å². The van der Waals surface area contributed by atoms with Gasteiger partial charge in [0.1, 0.15) is 17.3 Å². The van der Waals surface area contributed by atoms with E-state index in [0.717, 1.165) is 18.9 Å². The SMILES string of the molecule is CCCC(CO)Nc1ncc2cc(Cc3ccc(F)cc3F)c(=O)n(C)c2n1.Cl. The third-order valence-corrected chi connectivity index (χ3v) is 4.61. The quantitative estimate of drug-likeness (QED) is 0.609. The summed E-state index contributed by atoms with van der Waals surface area (Å²) in [4.78, 5) is 21.3. The molecule has 0 amide bonds. The molecule has 0 aliphatic carbocycles. The van der Waals surface area contributed by atoms with Crippen LogP contribution in [0.15, 0.2) is 35.3 Å². The number of fused-ring (bicyclic) bond motifs is 1. The lowest BCUT2D eigenvalue weighted by molar-refractivity contribution is 0.268. The van der Waals surface area contributed by atoms with Gasteiger partial charge in [0.25, 0.3) is 5.56 Å². The zero-order valence-corrected chi connectivity index (χ0v) is 17.0. The Morgan fingerprint density at radius 3 is 2.66 bits per heavy atom. The third kappa shape index (κ3) is 5.07. The molecule has 0 aliphatic heterocycles. The van der Waals surface area contributed by atoms with E-state index in [0.29, 0.717) is 22.5 Å². The Bertz CT molecular complexity index is 1060. The van der Waals surface area contributed by atoms with Crippen molar-refractivity contribution in [1.82, 2.24) is 14.5 Å². The first kappa shape index (κ1) is 22.7. The maximum atomic E-state index is 14.0. The summed E-state index contributed by atoms with van der Waals surface area (Å²) in [6.07, 6.45) is 3.28. The molecule has 2 heterocycles. The van der Waals surface area contributed by atoms with Gasteiger partial charge in [0.15, 0.2) is 0 Å². The van der Waals surface area contributed by atoms with Crippen LogP contribution in [0.1, 0.15) is 30.9 Å². The van der Waals surface area contributed by atoms with E-state index in [1.54, 1.807) is 19.3 Å². The minimum atomic E-state index is -0.691. The second kappa shape index (κ2) is 9.76. The number of nitrogens with zero attached hydrogens (tertiary/aromatic N) is 3. The van der Waals surface area contributed by atoms with Crippen molar-refractivity contribution in [3.63, 3.8) is 0 Å². The molecule has 0 radical (unpaired) electrons. The molecule has 0 fully saturated rings. The van der Waals surface area contributed by atoms with Crippen LogP contribution in [0.5, 0.6) is 0 Å². The van der Waals surface area contributed by atoms with Crippen LogP contribution in [0.4, 0.5) is 14.7 Å². The van der Waals surface area contributed by atoms with Crippen LogP contribution < -0.4 is 10.9 Å². The summed E-state index contributed by atoms with van der Waals surface area (Å²) in [5.74, 6) is -1.03. The van der Waals surface area contributed by atoms with Crippen molar-refractivity contribution in [2.24, 2.45) is 7.05 Å². The third-order valence-electron chi connectivity index (χ3n) is 4.61. The van der Waals surface area contributed by atoms with E-state index in [2.05, 4.69) is 15.3 Å². The molecule has 9 heteroatoms.